The SMILES string of the molecule is CCOC1CC(c2nc3c(ccc4cc5c(cc43)OCc3cc(B4OC(C)(C)C(C)(C)O4)ccc3-5)[nH]2)N(C(=O)C(NC(=O)OC)C(C)C)C1. The molecule has 0 spiro atoms. The highest BCUT2D eigenvalue weighted by Gasteiger charge is 2.52. The van der Waals surface area contributed by atoms with E-state index < -0.39 is 30.5 Å². The molecule has 49 heavy (non-hydrogen) atoms. The van der Waals surface area contributed by atoms with Crippen molar-refractivity contribution in [3.63, 3.8) is 0 Å². The van der Waals surface area contributed by atoms with Crippen molar-refractivity contribution in [2.75, 3.05) is 20.3 Å². The quantitative estimate of drug-likeness (QED) is 0.243. The summed E-state index contributed by atoms with van der Waals surface area (Å²) in [5, 5.41) is 4.71. The van der Waals surface area contributed by atoms with Crippen molar-refractivity contribution in [2.45, 2.75) is 90.9 Å². The molecule has 12 heteroatoms. The maximum Gasteiger partial charge on any atom is 0.494 e. The Balaban J connectivity index is 1.21. The molecule has 3 aliphatic heterocycles. The van der Waals surface area contributed by atoms with Crippen LogP contribution in [0.4, 0.5) is 4.79 Å². The molecular formula is C37H45BN4O7. The summed E-state index contributed by atoms with van der Waals surface area (Å²) in [4.78, 5) is 36.4. The zero-order chi connectivity index (χ0) is 34.8. The first-order valence-corrected chi connectivity index (χ1v) is 17.1. The fraction of sp³-hybridized carbons (Fsp3) is 0.486. The third kappa shape index (κ3) is 5.83. The van der Waals surface area contributed by atoms with Crippen LogP contribution in [0.15, 0.2) is 42.5 Å². The molecule has 0 bridgehead atoms. The number of carbonyl (C=O) groups excluding carboxylic acids is 2. The molecule has 4 heterocycles. The molecule has 2 N–H and O–H groups in total. The molecule has 258 valence electrons. The van der Waals surface area contributed by atoms with Crippen molar-refractivity contribution in [1.82, 2.24) is 20.2 Å². The minimum Gasteiger partial charge on any atom is -0.488 e. The summed E-state index contributed by atoms with van der Waals surface area (Å²) >= 11 is 0. The van der Waals surface area contributed by atoms with Gasteiger partial charge in [0.2, 0.25) is 5.91 Å². The molecule has 7 rings (SSSR count). The molecule has 11 nitrogen and oxygen atoms in total. The van der Waals surface area contributed by atoms with Gasteiger partial charge in [-0.05, 0) is 80.7 Å². The molecule has 0 radical (unpaired) electrons. The maximum atomic E-state index is 13.9. The number of carbonyl (C=O) groups is 2. The Morgan fingerprint density at radius 2 is 1.84 bits per heavy atom. The second-order valence-electron chi connectivity index (χ2n) is 14.6. The molecule has 3 aliphatic rings. The van der Waals surface area contributed by atoms with Gasteiger partial charge >= 0.3 is 13.2 Å². The molecule has 2 saturated heterocycles. The number of H-pyrrole nitrogens is 1. The number of rotatable bonds is 7. The second-order valence-corrected chi connectivity index (χ2v) is 14.6. The second kappa shape index (κ2) is 12.3. The lowest BCUT2D eigenvalue weighted by atomic mass is 9.77. The van der Waals surface area contributed by atoms with E-state index in [1.165, 1.54) is 7.11 Å². The third-order valence-electron chi connectivity index (χ3n) is 10.6. The van der Waals surface area contributed by atoms with Crippen molar-refractivity contribution < 1.29 is 33.1 Å². The van der Waals surface area contributed by atoms with Crippen LogP contribution in [0.1, 0.15) is 72.3 Å². The summed E-state index contributed by atoms with van der Waals surface area (Å²) < 4.78 is 29.8. The van der Waals surface area contributed by atoms with E-state index >= 15 is 0 Å². The standard InChI is InChI=1S/C37H45BN4O7/c1-9-46-24-16-29(42(18-24)34(43)31(20(2)3)41-35(44)45-8)33-39-28-13-10-21-15-27-25-12-11-23(38-48-36(4,5)37(6,7)49-38)14-22(25)19-47-30(27)17-26(21)32(28)40-33/h10-15,17,20,24,29,31H,9,16,18-19H2,1-8H3,(H,39,40)(H,41,44). The van der Waals surface area contributed by atoms with Crippen LogP contribution in [0, 0.1) is 5.92 Å². The lowest BCUT2D eigenvalue weighted by Gasteiger charge is -2.32. The average molecular weight is 669 g/mol. The number of methoxy groups -OCH3 is 1. The summed E-state index contributed by atoms with van der Waals surface area (Å²) in [7, 11) is 0.852. The topological polar surface area (TPSA) is 124 Å². The first kappa shape index (κ1) is 33.4. The Bertz CT molecular complexity index is 1920. The number of fused-ring (bicyclic) bond motifs is 6. The van der Waals surface area contributed by atoms with Gasteiger partial charge in [0.1, 0.15) is 24.2 Å². The molecular weight excluding hydrogens is 623 g/mol. The van der Waals surface area contributed by atoms with Crippen LogP contribution < -0.4 is 15.5 Å². The van der Waals surface area contributed by atoms with Crippen LogP contribution in [-0.4, -0.2) is 77.6 Å². The lowest BCUT2D eigenvalue weighted by Crippen LogP contribution is -2.51. The highest BCUT2D eigenvalue weighted by Crippen LogP contribution is 2.43. The van der Waals surface area contributed by atoms with Gasteiger partial charge in [-0.3, -0.25) is 4.79 Å². The monoisotopic (exact) mass is 668 g/mol. The summed E-state index contributed by atoms with van der Waals surface area (Å²) in [6, 6.07) is 13.6. The van der Waals surface area contributed by atoms with Crippen LogP contribution in [0.5, 0.6) is 5.75 Å². The van der Waals surface area contributed by atoms with E-state index in [0.717, 1.165) is 49.7 Å². The van der Waals surface area contributed by atoms with E-state index in [1.807, 2.05) is 26.8 Å². The van der Waals surface area contributed by atoms with E-state index in [-0.39, 0.29) is 24.0 Å². The number of benzene rings is 3. The first-order valence-electron chi connectivity index (χ1n) is 17.1. The van der Waals surface area contributed by atoms with Gasteiger partial charge in [0, 0.05) is 30.5 Å². The number of ether oxygens (including phenoxy) is 3. The number of alkyl carbamates (subject to hydrolysis) is 1. The molecule has 0 saturated carbocycles. The summed E-state index contributed by atoms with van der Waals surface area (Å²) in [6.45, 7) is 15.3. The summed E-state index contributed by atoms with van der Waals surface area (Å²) in [5.41, 5.74) is 5.04. The van der Waals surface area contributed by atoms with E-state index in [9.17, 15) is 9.59 Å². The lowest BCUT2D eigenvalue weighted by molar-refractivity contribution is -0.136. The van der Waals surface area contributed by atoms with Gasteiger partial charge in [-0.15, -0.1) is 0 Å². The van der Waals surface area contributed by atoms with E-state index in [2.05, 4.69) is 74.4 Å². The fourth-order valence-corrected chi connectivity index (χ4v) is 7.14. The number of nitrogens with one attached hydrogen (secondary N) is 2. The number of hydrogen-bond acceptors (Lipinski definition) is 8. The minimum atomic E-state index is -0.750. The molecule has 2 fully saturated rings. The number of aromatic amines is 1. The van der Waals surface area contributed by atoms with E-state index in [4.69, 9.17) is 28.5 Å². The highest BCUT2D eigenvalue weighted by molar-refractivity contribution is 6.62. The Hall–Kier alpha value is -4.13. The number of imidazole rings is 1. The number of nitrogens with zero attached hydrogens (tertiary/aromatic N) is 2. The van der Waals surface area contributed by atoms with Gasteiger partial charge in [-0.25, -0.2) is 9.78 Å². The van der Waals surface area contributed by atoms with Gasteiger partial charge in [-0.1, -0.05) is 38.1 Å². The van der Waals surface area contributed by atoms with Crippen molar-refractivity contribution in [1.29, 1.82) is 0 Å². The zero-order valence-electron chi connectivity index (χ0n) is 29.5. The Morgan fingerprint density at radius 3 is 2.53 bits per heavy atom. The van der Waals surface area contributed by atoms with Crippen LogP contribution in [0.2, 0.25) is 0 Å². The van der Waals surface area contributed by atoms with Crippen LogP contribution in [0.25, 0.3) is 32.9 Å². The molecule has 3 aromatic carbocycles. The van der Waals surface area contributed by atoms with Crippen molar-refractivity contribution in [3.8, 4) is 16.9 Å². The van der Waals surface area contributed by atoms with Crippen molar-refractivity contribution in [3.05, 3.63) is 53.9 Å². The average Bonchev–Trinajstić information content (AvgIpc) is 3.75. The van der Waals surface area contributed by atoms with Gasteiger partial charge < -0.3 is 38.7 Å². The molecule has 4 aromatic rings. The molecule has 3 unspecified atom stereocenters. The third-order valence-corrected chi connectivity index (χ3v) is 10.6. The Labute approximate surface area is 287 Å². The largest absolute Gasteiger partial charge is 0.494 e. The molecule has 2 amide bonds. The smallest absolute Gasteiger partial charge is 0.488 e. The Morgan fingerprint density at radius 1 is 1.08 bits per heavy atom. The molecule has 0 aliphatic carbocycles. The number of aromatic nitrogens is 2. The zero-order valence-corrected chi connectivity index (χ0v) is 29.5. The predicted molar refractivity (Wildman–Crippen MR) is 188 cm³/mol. The van der Waals surface area contributed by atoms with Crippen molar-refractivity contribution in [2.24, 2.45) is 5.92 Å². The highest BCUT2D eigenvalue weighted by atomic mass is 16.7. The molecule has 3 atom stereocenters. The van der Waals surface area contributed by atoms with Crippen LogP contribution in [-0.2, 0) is 30.2 Å². The number of amides is 2. The van der Waals surface area contributed by atoms with Gasteiger partial charge in [0.05, 0.1) is 41.5 Å². The van der Waals surface area contributed by atoms with Crippen LogP contribution in [0.3, 0.4) is 0 Å². The van der Waals surface area contributed by atoms with E-state index in [1.54, 1.807) is 4.90 Å². The summed E-state index contributed by atoms with van der Waals surface area (Å²) in [6.07, 6.45) is -0.206. The fourth-order valence-electron chi connectivity index (χ4n) is 7.14. The Kier molecular flexibility index (Phi) is 8.40. The van der Waals surface area contributed by atoms with E-state index in [0.29, 0.717) is 32.0 Å². The predicted octanol–water partition coefficient (Wildman–Crippen LogP) is 5.63. The summed E-state index contributed by atoms with van der Waals surface area (Å²) in [5.74, 6) is 1.13. The first-order chi connectivity index (χ1) is 23.3. The van der Waals surface area contributed by atoms with Gasteiger partial charge in [0.25, 0.3) is 0 Å². The number of hydrogen-bond donors (Lipinski definition) is 2. The van der Waals surface area contributed by atoms with Gasteiger partial charge in [0.15, 0.2) is 0 Å². The normalized spacial score (nSPS) is 21.5. The van der Waals surface area contributed by atoms with Gasteiger partial charge in [-0.2, -0.15) is 0 Å². The minimum absolute atomic E-state index is 0.149. The molecule has 1 aromatic heterocycles. The van der Waals surface area contributed by atoms with Crippen LogP contribution >= 0.6 is 0 Å². The van der Waals surface area contributed by atoms with Crippen molar-refractivity contribution >= 4 is 46.4 Å². The maximum absolute atomic E-state index is 13.9. The number of likely N-dealkylation sites (tertiary alicyclic amines) is 1.